The van der Waals surface area contributed by atoms with Crippen LogP contribution in [0.4, 0.5) is 0 Å². The van der Waals surface area contributed by atoms with Crippen LogP contribution in [0.15, 0.2) is 60.7 Å². The molecule has 4 nitrogen and oxygen atoms in total. The summed E-state index contributed by atoms with van der Waals surface area (Å²) in [6.45, 7) is 0. The second-order valence-electron chi connectivity index (χ2n) is 5.26. The second kappa shape index (κ2) is 7.64. The topological polar surface area (TPSA) is 80.9 Å². The highest BCUT2D eigenvalue weighted by Gasteiger charge is 2.05. The number of aliphatic hydroxyl groups excluding tert-OH is 2. The van der Waals surface area contributed by atoms with Crippen molar-refractivity contribution >= 4 is 0 Å². The van der Waals surface area contributed by atoms with Crippen molar-refractivity contribution in [3.63, 3.8) is 0 Å². The summed E-state index contributed by atoms with van der Waals surface area (Å²) < 4.78 is 0. The predicted molar refractivity (Wildman–Crippen MR) is 84.8 cm³/mol. The minimum Gasteiger partial charge on any atom is -0.508 e. The van der Waals surface area contributed by atoms with Gasteiger partial charge in [0.05, 0.1) is 12.2 Å². The van der Waals surface area contributed by atoms with Crippen molar-refractivity contribution < 1.29 is 20.4 Å². The van der Waals surface area contributed by atoms with Crippen LogP contribution in [0.5, 0.6) is 11.5 Å². The van der Waals surface area contributed by atoms with Gasteiger partial charge in [-0.25, -0.2) is 0 Å². The van der Waals surface area contributed by atoms with Crippen LogP contribution in [0.1, 0.15) is 11.1 Å². The molecule has 0 saturated carbocycles. The molecule has 0 unspecified atom stereocenters. The Hall–Kier alpha value is -2.30. The number of aromatic hydroxyl groups is 2. The fourth-order valence-corrected chi connectivity index (χ4v) is 2.14. The van der Waals surface area contributed by atoms with E-state index in [1.54, 1.807) is 60.7 Å². The number of phenols is 2. The van der Waals surface area contributed by atoms with Gasteiger partial charge in [-0.2, -0.15) is 0 Å². The van der Waals surface area contributed by atoms with Crippen LogP contribution in [-0.2, 0) is 12.8 Å². The van der Waals surface area contributed by atoms with Crippen LogP contribution < -0.4 is 0 Å². The van der Waals surface area contributed by atoms with Crippen molar-refractivity contribution in [1.29, 1.82) is 0 Å². The lowest BCUT2D eigenvalue weighted by atomic mass is 10.0. The number of benzene rings is 2. The molecule has 0 aliphatic rings. The first-order valence-corrected chi connectivity index (χ1v) is 7.13. The molecule has 2 aromatic rings. The average Bonchev–Trinajstić information content (AvgIpc) is 2.50. The first kappa shape index (κ1) is 16.1. The monoisotopic (exact) mass is 300 g/mol. The standard InChI is InChI=1S/C18H20O4/c19-15-5-1-13(2-6-15)11-17(21)9-10-18(22)12-14-3-7-16(20)8-4-14/h1-10,17-22H,11-12H2/t17-,18-/m1/s1. The maximum Gasteiger partial charge on any atom is 0.115 e. The number of rotatable bonds is 6. The van der Waals surface area contributed by atoms with Gasteiger partial charge in [-0.1, -0.05) is 36.4 Å². The zero-order valence-electron chi connectivity index (χ0n) is 12.1. The van der Waals surface area contributed by atoms with E-state index in [1.807, 2.05) is 0 Å². The first-order chi connectivity index (χ1) is 10.5. The summed E-state index contributed by atoms with van der Waals surface area (Å²) in [5.74, 6) is 0.385. The Kier molecular flexibility index (Phi) is 5.58. The Balaban J connectivity index is 1.84. The molecule has 0 radical (unpaired) electrons. The summed E-state index contributed by atoms with van der Waals surface area (Å²) in [5, 5.41) is 38.3. The molecular weight excluding hydrogens is 280 g/mol. The van der Waals surface area contributed by atoms with E-state index in [4.69, 9.17) is 0 Å². The number of phenolic OH excluding ortho intramolecular Hbond substituents is 2. The highest BCUT2D eigenvalue weighted by atomic mass is 16.3. The van der Waals surface area contributed by atoms with Crippen LogP contribution in [-0.4, -0.2) is 32.6 Å². The molecule has 4 heteroatoms. The minimum absolute atomic E-state index is 0.193. The summed E-state index contributed by atoms with van der Waals surface area (Å²) in [6, 6.07) is 13.3. The predicted octanol–water partition coefficient (Wildman–Crippen LogP) is 2.16. The molecular formula is C18H20O4. The summed E-state index contributed by atoms with van der Waals surface area (Å²) in [6.07, 6.45) is 2.58. The van der Waals surface area contributed by atoms with Gasteiger partial charge in [0.15, 0.2) is 0 Å². The molecule has 0 aliphatic heterocycles. The minimum atomic E-state index is -0.695. The van der Waals surface area contributed by atoms with Crippen LogP contribution >= 0.6 is 0 Å². The van der Waals surface area contributed by atoms with E-state index < -0.39 is 12.2 Å². The van der Waals surface area contributed by atoms with Gasteiger partial charge in [-0.3, -0.25) is 0 Å². The van der Waals surface area contributed by atoms with E-state index in [9.17, 15) is 20.4 Å². The third-order valence-electron chi connectivity index (χ3n) is 3.32. The van der Waals surface area contributed by atoms with Crippen molar-refractivity contribution in [2.75, 3.05) is 0 Å². The number of aliphatic hydroxyl groups is 2. The van der Waals surface area contributed by atoms with Gasteiger partial charge in [0.2, 0.25) is 0 Å². The maximum atomic E-state index is 9.93. The molecule has 0 heterocycles. The Morgan fingerprint density at radius 2 is 0.955 bits per heavy atom. The van der Waals surface area contributed by atoms with Gasteiger partial charge >= 0.3 is 0 Å². The first-order valence-electron chi connectivity index (χ1n) is 7.13. The van der Waals surface area contributed by atoms with Crippen LogP contribution in [0.2, 0.25) is 0 Å². The Labute approximate surface area is 129 Å². The lowest BCUT2D eigenvalue weighted by Gasteiger charge is -2.09. The van der Waals surface area contributed by atoms with E-state index in [0.29, 0.717) is 12.8 Å². The molecule has 0 bridgehead atoms. The molecule has 22 heavy (non-hydrogen) atoms. The summed E-state index contributed by atoms with van der Waals surface area (Å²) >= 11 is 0. The maximum absolute atomic E-state index is 9.93. The van der Waals surface area contributed by atoms with Gasteiger partial charge in [-0.15, -0.1) is 0 Å². The smallest absolute Gasteiger partial charge is 0.115 e. The Morgan fingerprint density at radius 1 is 0.636 bits per heavy atom. The molecule has 116 valence electrons. The van der Waals surface area contributed by atoms with Gasteiger partial charge in [-0.05, 0) is 35.4 Å². The van der Waals surface area contributed by atoms with E-state index in [2.05, 4.69) is 0 Å². The van der Waals surface area contributed by atoms with E-state index in [0.717, 1.165) is 11.1 Å². The van der Waals surface area contributed by atoms with Crippen molar-refractivity contribution in [2.24, 2.45) is 0 Å². The van der Waals surface area contributed by atoms with Crippen LogP contribution in [0.3, 0.4) is 0 Å². The van der Waals surface area contributed by atoms with E-state index in [1.165, 1.54) is 0 Å². The molecule has 0 amide bonds. The van der Waals surface area contributed by atoms with Gasteiger partial charge in [0, 0.05) is 12.8 Å². The molecule has 0 aliphatic carbocycles. The van der Waals surface area contributed by atoms with Crippen LogP contribution in [0, 0.1) is 0 Å². The lowest BCUT2D eigenvalue weighted by molar-refractivity contribution is 0.207. The molecule has 0 aromatic heterocycles. The second-order valence-corrected chi connectivity index (χ2v) is 5.26. The van der Waals surface area contributed by atoms with Crippen molar-refractivity contribution in [3.05, 3.63) is 71.8 Å². The molecule has 0 spiro atoms. The molecule has 4 N–H and O–H groups in total. The third kappa shape index (κ3) is 5.24. The average molecular weight is 300 g/mol. The molecule has 2 rings (SSSR count). The fraction of sp³-hybridized carbons (Fsp3) is 0.222. The lowest BCUT2D eigenvalue weighted by Crippen LogP contribution is -2.11. The normalized spacial score (nSPS) is 14.1. The summed E-state index contributed by atoms with van der Waals surface area (Å²) in [4.78, 5) is 0. The summed E-state index contributed by atoms with van der Waals surface area (Å²) in [5.41, 5.74) is 1.81. The van der Waals surface area contributed by atoms with Crippen LogP contribution in [0.25, 0.3) is 0 Å². The largest absolute Gasteiger partial charge is 0.508 e. The molecule has 0 saturated heterocycles. The molecule has 0 fully saturated rings. The van der Waals surface area contributed by atoms with Gasteiger partial charge in [0.25, 0.3) is 0 Å². The number of hydrogen-bond acceptors (Lipinski definition) is 4. The van der Waals surface area contributed by atoms with Gasteiger partial charge < -0.3 is 20.4 Å². The number of hydrogen-bond donors (Lipinski definition) is 4. The highest BCUT2D eigenvalue weighted by molar-refractivity contribution is 5.28. The Bertz CT molecular complexity index is 546. The zero-order valence-corrected chi connectivity index (χ0v) is 12.1. The van der Waals surface area contributed by atoms with E-state index in [-0.39, 0.29) is 11.5 Å². The quantitative estimate of drug-likeness (QED) is 0.616. The molecule has 2 atom stereocenters. The summed E-state index contributed by atoms with van der Waals surface area (Å²) in [7, 11) is 0. The SMILES string of the molecule is Oc1ccc(C[C@H](O)C=C[C@@H](O)Cc2ccc(O)cc2)cc1. The highest BCUT2D eigenvalue weighted by Crippen LogP contribution is 2.13. The molecule has 2 aromatic carbocycles. The van der Waals surface area contributed by atoms with Crippen molar-refractivity contribution in [2.45, 2.75) is 25.0 Å². The third-order valence-corrected chi connectivity index (χ3v) is 3.32. The zero-order chi connectivity index (χ0) is 15.9. The van der Waals surface area contributed by atoms with E-state index >= 15 is 0 Å². The Morgan fingerprint density at radius 3 is 1.27 bits per heavy atom. The fourth-order valence-electron chi connectivity index (χ4n) is 2.14. The van der Waals surface area contributed by atoms with Crippen molar-refractivity contribution in [1.82, 2.24) is 0 Å². The van der Waals surface area contributed by atoms with Crippen molar-refractivity contribution in [3.8, 4) is 11.5 Å². The van der Waals surface area contributed by atoms with Gasteiger partial charge in [0.1, 0.15) is 11.5 Å².